The Balaban J connectivity index is 2.35. The third-order valence-corrected chi connectivity index (χ3v) is 2.85. The zero-order chi connectivity index (χ0) is 15.3. The zero-order valence-electron chi connectivity index (χ0n) is 11.4. The number of imidazole rings is 1. The van der Waals surface area contributed by atoms with Crippen molar-refractivity contribution in [2.75, 3.05) is 6.54 Å². The van der Waals surface area contributed by atoms with Gasteiger partial charge in [0.05, 0.1) is 6.04 Å². The molecule has 2 aromatic rings. The summed E-state index contributed by atoms with van der Waals surface area (Å²) in [5, 5.41) is 3.17. The smallest absolute Gasteiger partial charge is 0.405 e. The number of rotatable bonds is 6. The second-order valence-corrected chi connectivity index (χ2v) is 4.45. The van der Waals surface area contributed by atoms with Crippen LogP contribution in [0.5, 0.6) is 5.75 Å². The predicted molar refractivity (Wildman–Crippen MR) is 71.8 cm³/mol. The monoisotopic (exact) mass is 299 g/mol. The van der Waals surface area contributed by atoms with Crippen LogP contribution >= 0.6 is 0 Å². The number of para-hydroxylation sites is 1. The molecule has 1 unspecified atom stereocenters. The summed E-state index contributed by atoms with van der Waals surface area (Å²) in [6, 6.07) is 5.58. The van der Waals surface area contributed by atoms with Gasteiger partial charge in [0.1, 0.15) is 11.6 Å². The van der Waals surface area contributed by atoms with Crippen LogP contribution < -0.4 is 10.1 Å². The van der Waals surface area contributed by atoms with Gasteiger partial charge < -0.3 is 15.0 Å². The van der Waals surface area contributed by atoms with Crippen molar-refractivity contribution >= 4 is 0 Å². The number of halogens is 3. The lowest BCUT2D eigenvalue weighted by molar-refractivity contribution is -0.275. The summed E-state index contributed by atoms with van der Waals surface area (Å²) in [5.74, 6) is 0.316. The Labute approximate surface area is 120 Å². The minimum atomic E-state index is -4.73. The van der Waals surface area contributed by atoms with Crippen LogP contribution in [0.15, 0.2) is 36.7 Å². The third kappa shape index (κ3) is 4.22. The quantitative estimate of drug-likeness (QED) is 0.859. The van der Waals surface area contributed by atoms with Gasteiger partial charge in [-0.05, 0) is 19.0 Å². The van der Waals surface area contributed by atoms with Crippen molar-refractivity contribution in [1.29, 1.82) is 0 Å². The summed E-state index contributed by atoms with van der Waals surface area (Å²) in [4.78, 5) is 7.05. The maximum absolute atomic E-state index is 12.5. The summed E-state index contributed by atoms with van der Waals surface area (Å²) in [7, 11) is 0. The summed E-state index contributed by atoms with van der Waals surface area (Å²) in [6.45, 7) is 2.62. The third-order valence-electron chi connectivity index (χ3n) is 2.85. The molecule has 0 saturated carbocycles. The number of alkyl halides is 3. The fourth-order valence-corrected chi connectivity index (χ4v) is 2.01. The van der Waals surface area contributed by atoms with Gasteiger partial charge in [0.15, 0.2) is 0 Å². The first kappa shape index (κ1) is 15.4. The number of aromatic nitrogens is 2. The fraction of sp³-hybridized carbons (Fsp3) is 0.357. The molecule has 1 heterocycles. The maximum atomic E-state index is 12.5. The normalized spacial score (nSPS) is 13.1. The van der Waals surface area contributed by atoms with Crippen LogP contribution in [-0.4, -0.2) is 22.9 Å². The van der Waals surface area contributed by atoms with E-state index in [1.54, 1.807) is 24.5 Å². The SMILES string of the molecule is CCCNC(c1ncc[nH]1)c1ccccc1OC(F)(F)F. The lowest BCUT2D eigenvalue weighted by Crippen LogP contribution is -2.26. The molecule has 114 valence electrons. The minimum absolute atomic E-state index is 0.227. The van der Waals surface area contributed by atoms with Gasteiger partial charge in [-0.15, -0.1) is 13.2 Å². The molecule has 0 aliphatic rings. The lowest BCUT2D eigenvalue weighted by atomic mass is 10.0. The Bertz CT molecular complexity index is 555. The Morgan fingerprint density at radius 1 is 1.33 bits per heavy atom. The number of H-pyrrole nitrogens is 1. The van der Waals surface area contributed by atoms with Crippen molar-refractivity contribution in [3.05, 3.63) is 48.0 Å². The van der Waals surface area contributed by atoms with E-state index in [4.69, 9.17) is 0 Å². The van der Waals surface area contributed by atoms with Gasteiger partial charge in [0.25, 0.3) is 0 Å². The second-order valence-electron chi connectivity index (χ2n) is 4.45. The second kappa shape index (κ2) is 6.62. The van der Waals surface area contributed by atoms with E-state index in [9.17, 15) is 13.2 Å². The van der Waals surface area contributed by atoms with Crippen molar-refractivity contribution < 1.29 is 17.9 Å². The number of nitrogens with zero attached hydrogens (tertiary/aromatic N) is 1. The number of benzene rings is 1. The molecule has 0 saturated heterocycles. The van der Waals surface area contributed by atoms with Crippen LogP contribution in [0.4, 0.5) is 13.2 Å². The first-order valence-electron chi connectivity index (χ1n) is 6.58. The Hall–Kier alpha value is -2.02. The van der Waals surface area contributed by atoms with E-state index in [2.05, 4.69) is 20.0 Å². The van der Waals surface area contributed by atoms with Gasteiger partial charge in [-0.1, -0.05) is 25.1 Å². The van der Waals surface area contributed by atoms with Crippen molar-refractivity contribution in [2.45, 2.75) is 25.7 Å². The minimum Gasteiger partial charge on any atom is -0.405 e. The highest BCUT2D eigenvalue weighted by molar-refractivity contribution is 5.39. The fourth-order valence-electron chi connectivity index (χ4n) is 2.01. The molecule has 0 fully saturated rings. The maximum Gasteiger partial charge on any atom is 0.573 e. The first-order chi connectivity index (χ1) is 10.0. The molecule has 0 spiro atoms. The van der Waals surface area contributed by atoms with Gasteiger partial charge in [-0.2, -0.15) is 0 Å². The highest BCUT2D eigenvalue weighted by atomic mass is 19.4. The molecule has 1 atom stereocenters. The van der Waals surface area contributed by atoms with Crippen LogP contribution in [0.2, 0.25) is 0 Å². The largest absolute Gasteiger partial charge is 0.573 e. The Morgan fingerprint density at radius 2 is 2.10 bits per heavy atom. The van der Waals surface area contributed by atoms with Gasteiger partial charge in [0.2, 0.25) is 0 Å². The summed E-state index contributed by atoms with van der Waals surface area (Å²) in [6.07, 6.45) is -0.694. The summed E-state index contributed by atoms with van der Waals surface area (Å²) < 4.78 is 41.6. The van der Waals surface area contributed by atoms with Crippen LogP contribution in [0.1, 0.15) is 30.8 Å². The number of nitrogens with one attached hydrogen (secondary N) is 2. The van der Waals surface area contributed by atoms with Gasteiger partial charge >= 0.3 is 6.36 Å². The molecule has 7 heteroatoms. The van der Waals surface area contributed by atoms with Crippen molar-refractivity contribution in [3.8, 4) is 5.75 Å². The number of hydrogen-bond acceptors (Lipinski definition) is 3. The molecule has 1 aromatic heterocycles. The van der Waals surface area contributed by atoms with Crippen molar-refractivity contribution in [1.82, 2.24) is 15.3 Å². The van der Waals surface area contributed by atoms with Crippen molar-refractivity contribution in [2.24, 2.45) is 0 Å². The molecule has 0 amide bonds. The van der Waals surface area contributed by atoms with Crippen LogP contribution in [0.25, 0.3) is 0 Å². The zero-order valence-corrected chi connectivity index (χ0v) is 11.4. The van der Waals surface area contributed by atoms with Crippen molar-refractivity contribution in [3.63, 3.8) is 0 Å². The Morgan fingerprint density at radius 3 is 2.71 bits per heavy atom. The van der Waals surface area contributed by atoms with Crippen LogP contribution in [-0.2, 0) is 0 Å². The average molecular weight is 299 g/mol. The van der Waals surface area contributed by atoms with E-state index >= 15 is 0 Å². The standard InChI is InChI=1S/C14H16F3N3O/c1-2-7-18-12(13-19-8-9-20-13)10-5-3-4-6-11(10)21-14(15,16)17/h3-6,8-9,12,18H,2,7H2,1H3,(H,19,20). The molecule has 2 N–H and O–H groups in total. The molecule has 2 rings (SSSR count). The van der Waals surface area contributed by atoms with E-state index in [0.29, 0.717) is 17.9 Å². The number of ether oxygens (including phenoxy) is 1. The molecule has 0 aliphatic carbocycles. The Kier molecular flexibility index (Phi) is 4.85. The summed E-state index contributed by atoms with van der Waals surface area (Å²) in [5.41, 5.74) is 0.387. The van der Waals surface area contributed by atoms with E-state index < -0.39 is 12.4 Å². The molecule has 0 bridgehead atoms. The molecule has 0 aliphatic heterocycles. The van der Waals surface area contributed by atoms with E-state index in [0.717, 1.165) is 6.42 Å². The first-order valence-corrected chi connectivity index (χ1v) is 6.58. The molecule has 0 radical (unpaired) electrons. The van der Waals surface area contributed by atoms with E-state index in [1.807, 2.05) is 6.92 Å². The lowest BCUT2D eigenvalue weighted by Gasteiger charge is -2.20. The van der Waals surface area contributed by atoms with Gasteiger partial charge in [-0.3, -0.25) is 0 Å². The molecule has 4 nitrogen and oxygen atoms in total. The topological polar surface area (TPSA) is 49.9 Å². The molecule has 21 heavy (non-hydrogen) atoms. The summed E-state index contributed by atoms with van der Waals surface area (Å²) >= 11 is 0. The number of hydrogen-bond donors (Lipinski definition) is 2. The van der Waals surface area contributed by atoms with E-state index in [-0.39, 0.29) is 5.75 Å². The highest BCUT2D eigenvalue weighted by Gasteiger charge is 2.33. The molecular weight excluding hydrogens is 283 g/mol. The predicted octanol–water partition coefficient (Wildman–Crippen LogP) is 3.40. The van der Waals surface area contributed by atoms with Gasteiger partial charge in [0, 0.05) is 18.0 Å². The number of aromatic amines is 1. The van der Waals surface area contributed by atoms with E-state index in [1.165, 1.54) is 12.1 Å². The van der Waals surface area contributed by atoms with Crippen LogP contribution in [0, 0.1) is 0 Å². The van der Waals surface area contributed by atoms with Crippen LogP contribution in [0.3, 0.4) is 0 Å². The molecule has 1 aromatic carbocycles. The molecular formula is C14H16F3N3O. The average Bonchev–Trinajstić information content (AvgIpc) is 2.93. The highest BCUT2D eigenvalue weighted by Crippen LogP contribution is 2.32. The van der Waals surface area contributed by atoms with Gasteiger partial charge in [-0.25, -0.2) is 4.98 Å².